The first-order valence-electron chi connectivity index (χ1n) is 7.23. The van der Waals surface area contributed by atoms with Crippen LogP contribution in [0.15, 0.2) is 18.2 Å². The quantitative estimate of drug-likeness (QED) is 0.631. The van der Waals surface area contributed by atoms with Crippen LogP contribution in [-0.4, -0.2) is 11.8 Å². The van der Waals surface area contributed by atoms with Crippen molar-refractivity contribution >= 4 is 23.2 Å². The molecule has 1 aromatic carbocycles. The van der Waals surface area contributed by atoms with E-state index in [2.05, 4.69) is 0 Å². The zero-order valence-corrected chi connectivity index (χ0v) is 11.8. The van der Waals surface area contributed by atoms with Crippen molar-refractivity contribution < 1.29 is 9.59 Å². The van der Waals surface area contributed by atoms with E-state index in [-0.39, 0.29) is 17.2 Å². The van der Waals surface area contributed by atoms with Crippen molar-refractivity contribution in [3.05, 3.63) is 23.8 Å². The molecule has 1 saturated heterocycles. The van der Waals surface area contributed by atoms with Crippen LogP contribution in [0.5, 0.6) is 0 Å². The number of hydrogen-bond donors (Lipinski definition) is 1. The lowest BCUT2D eigenvalue weighted by Crippen LogP contribution is -2.47. The monoisotopic (exact) mass is 272 g/mol. The van der Waals surface area contributed by atoms with E-state index in [0.717, 1.165) is 31.2 Å². The molecule has 1 aromatic rings. The summed E-state index contributed by atoms with van der Waals surface area (Å²) in [6.45, 7) is 1.91. The fraction of sp³-hybridized carbons (Fsp3) is 0.500. The number of nitrogens with zero attached hydrogens (tertiary/aromatic N) is 1. The van der Waals surface area contributed by atoms with Crippen LogP contribution in [0.25, 0.3) is 0 Å². The molecule has 0 unspecified atom stereocenters. The van der Waals surface area contributed by atoms with Gasteiger partial charge in [0.15, 0.2) is 0 Å². The van der Waals surface area contributed by atoms with Crippen LogP contribution in [0.3, 0.4) is 0 Å². The highest BCUT2D eigenvalue weighted by Gasteiger charge is 2.45. The van der Waals surface area contributed by atoms with Crippen molar-refractivity contribution in [2.24, 2.45) is 5.41 Å². The first kappa shape index (κ1) is 13.2. The SMILES string of the molecule is Cc1ccc(N2C(=O)CC3(CCCC3)CC2=O)cc1N. The van der Waals surface area contributed by atoms with Crippen molar-refractivity contribution in [3.63, 3.8) is 0 Å². The first-order chi connectivity index (χ1) is 9.51. The molecule has 4 nitrogen and oxygen atoms in total. The van der Waals surface area contributed by atoms with Gasteiger partial charge in [0, 0.05) is 18.5 Å². The number of imide groups is 1. The van der Waals surface area contributed by atoms with Crippen LogP contribution >= 0.6 is 0 Å². The van der Waals surface area contributed by atoms with Gasteiger partial charge in [0.1, 0.15) is 0 Å². The van der Waals surface area contributed by atoms with Crippen LogP contribution in [0.4, 0.5) is 11.4 Å². The second kappa shape index (κ2) is 4.62. The lowest BCUT2D eigenvalue weighted by Gasteiger charge is -2.37. The maximum atomic E-state index is 12.4. The number of nitrogen functional groups attached to an aromatic ring is 1. The summed E-state index contributed by atoms with van der Waals surface area (Å²) in [5.41, 5.74) is 8.01. The lowest BCUT2D eigenvalue weighted by molar-refractivity contribution is -0.133. The molecule has 0 aromatic heterocycles. The summed E-state index contributed by atoms with van der Waals surface area (Å²) in [6, 6.07) is 5.37. The van der Waals surface area contributed by atoms with Gasteiger partial charge in [-0.2, -0.15) is 0 Å². The van der Waals surface area contributed by atoms with Gasteiger partial charge in [-0.3, -0.25) is 14.5 Å². The van der Waals surface area contributed by atoms with Crippen molar-refractivity contribution in [2.75, 3.05) is 10.6 Å². The Morgan fingerprint density at radius 2 is 1.70 bits per heavy atom. The summed E-state index contributed by atoms with van der Waals surface area (Å²) in [4.78, 5) is 26.2. The zero-order valence-electron chi connectivity index (χ0n) is 11.8. The topological polar surface area (TPSA) is 63.4 Å². The van der Waals surface area contributed by atoms with Gasteiger partial charge >= 0.3 is 0 Å². The number of carbonyl (C=O) groups excluding carboxylic acids is 2. The first-order valence-corrected chi connectivity index (χ1v) is 7.23. The third kappa shape index (κ3) is 2.09. The number of piperidine rings is 1. The molecule has 3 rings (SSSR count). The molecule has 2 N–H and O–H groups in total. The highest BCUT2D eigenvalue weighted by Crippen LogP contribution is 2.47. The summed E-state index contributed by atoms with van der Waals surface area (Å²) in [6.07, 6.45) is 5.28. The zero-order chi connectivity index (χ0) is 14.3. The Bertz CT molecular complexity index is 554. The molecule has 2 aliphatic rings. The number of rotatable bonds is 1. The summed E-state index contributed by atoms with van der Waals surface area (Å²) in [5.74, 6) is -0.155. The molecule has 1 saturated carbocycles. The molecule has 0 atom stereocenters. The smallest absolute Gasteiger partial charge is 0.234 e. The molecule has 0 radical (unpaired) electrons. The van der Waals surface area contributed by atoms with E-state index >= 15 is 0 Å². The number of carbonyl (C=O) groups is 2. The minimum Gasteiger partial charge on any atom is -0.398 e. The Labute approximate surface area is 118 Å². The van der Waals surface area contributed by atoms with E-state index in [1.807, 2.05) is 13.0 Å². The van der Waals surface area contributed by atoms with Crippen molar-refractivity contribution in [1.82, 2.24) is 0 Å². The van der Waals surface area contributed by atoms with Crippen molar-refractivity contribution in [3.8, 4) is 0 Å². The van der Waals surface area contributed by atoms with E-state index in [4.69, 9.17) is 5.73 Å². The normalized spacial score (nSPS) is 21.8. The van der Waals surface area contributed by atoms with Crippen LogP contribution in [0, 0.1) is 12.3 Å². The predicted octanol–water partition coefficient (Wildman–Crippen LogP) is 2.79. The second-order valence-corrected chi connectivity index (χ2v) is 6.22. The molecule has 1 aliphatic heterocycles. The largest absolute Gasteiger partial charge is 0.398 e. The minimum atomic E-state index is -0.0774. The minimum absolute atomic E-state index is 0.0547. The molecule has 20 heavy (non-hydrogen) atoms. The van der Waals surface area contributed by atoms with Gasteiger partial charge in [-0.15, -0.1) is 0 Å². The van der Waals surface area contributed by atoms with Crippen molar-refractivity contribution in [1.29, 1.82) is 0 Å². The highest BCUT2D eigenvalue weighted by molar-refractivity contribution is 6.17. The average Bonchev–Trinajstić information content (AvgIpc) is 2.80. The number of nitrogens with two attached hydrogens (primary N) is 1. The Hall–Kier alpha value is -1.84. The number of hydrogen-bond acceptors (Lipinski definition) is 3. The van der Waals surface area contributed by atoms with Gasteiger partial charge in [0.25, 0.3) is 0 Å². The number of benzene rings is 1. The summed E-state index contributed by atoms with van der Waals surface area (Å²) in [7, 11) is 0. The van der Waals surface area contributed by atoms with Crippen LogP contribution in [-0.2, 0) is 9.59 Å². The maximum Gasteiger partial charge on any atom is 0.234 e. The van der Waals surface area contributed by atoms with E-state index in [0.29, 0.717) is 24.2 Å². The molecule has 0 bridgehead atoms. The molecule has 2 fully saturated rings. The third-order valence-electron chi connectivity index (χ3n) is 4.74. The number of aryl methyl sites for hydroxylation is 1. The highest BCUT2D eigenvalue weighted by atomic mass is 16.2. The summed E-state index contributed by atoms with van der Waals surface area (Å²) >= 11 is 0. The van der Waals surface area contributed by atoms with Gasteiger partial charge < -0.3 is 5.73 Å². The Morgan fingerprint density at radius 3 is 2.25 bits per heavy atom. The van der Waals surface area contributed by atoms with E-state index in [1.165, 1.54) is 4.90 Å². The predicted molar refractivity (Wildman–Crippen MR) is 78.2 cm³/mol. The third-order valence-corrected chi connectivity index (χ3v) is 4.74. The number of anilines is 2. The summed E-state index contributed by atoms with van der Waals surface area (Å²) < 4.78 is 0. The molecule has 1 heterocycles. The molecule has 2 amide bonds. The van der Waals surface area contributed by atoms with Crippen LogP contribution < -0.4 is 10.6 Å². The molecular weight excluding hydrogens is 252 g/mol. The van der Waals surface area contributed by atoms with Crippen molar-refractivity contribution in [2.45, 2.75) is 45.4 Å². The lowest BCUT2D eigenvalue weighted by atomic mass is 9.76. The second-order valence-electron chi connectivity index (χ2n) is 6.22. The molecular formula is C16H20N2O2. The van der Waals surface area contributed by atoms with E-state index in [9.17, 15) is 9.59 Å². The average molecular weight is 272 g/mol. The van der Waals surface area contributed by atoms with E-state index < -0.39 is 0 Å². The van der Waals surface area contributed by atoms with Crippen LogP contribution in [0.1, 0.15) is 44.1 Å². The molecule has 106 valence electrons. The Morgan fingerprint density at radius 1 is 1.10 bits per heavy atom. The van der Waals surface area contributed by atoms with Crippen LogP contribution in [0.2, 0.25) is 0 Å². The molecule has 4 heteroatoms. The fourth-order valence-electron chi connectivity index (χ4n) is 3.53. The standard InChI is InChI=1S/C16H20N2O2/c1-11-4-5-12(8-13(11)17)18-14(19)9-16(10-15(18)20)6-2-3-7-16/h4-5,8H,2-3,6-7,9-10,17H2,1H3. The van der Waals surface area contributed by atoms with Gasteiger partial charge in [-0.05, 0) is 42.9 Å². The summed E-state index contributed by atoms with van der Waals surface area (Å²) in [5, 5.41) is 0. The molecule has 1 spiro atoms. The Kier molecular flexibility index (Phi) is 3.04. The van der Waals surface area contributed by atoms with Gasteiger partial charge in [0.05, 0.1) is 5.69 Å². The fourth-order valence-corrected chi connectivity index (χ4v) is 3.53. The Balaban J connectivity index is 1.89. The van der Waals surface area contributed by atoms with Gasteiger partial charge in [-0.25, -0.2) is 0 Å². The number of amides is 2. The maximum absolute atomic E-state index is 12.4. The molecule has 1 aliphatic carbocycles. The van der Waals surface area contributed by atoms with Gasteiger partial charge in [-0.1, -0.05) is 18.9 Å². The van der Waals surface area contributed by atoms with Gasteiger partial charge in [0.2, 0.25) is 11.8 Å². The van der Waals surface area contributed by atoms with E-state index in [1.54, 1.807) is 12.1 Å².